The highest BCUT2D eigenvalue weighted by molar-refractivity contribution is 5.95. The number of ether oxygens (including phenoxy) is 1. The molecule has 1 fully saturated rings. The molecule has 0 amide bonds. The van der Waals surface area contributed by atoms with Crippen LogP contribution in [0.25, 0.3) is 22.0 Å². The fraction of sp³-hybridized carbons (Fsp3) is 0.375. The number of nitrogens with one attached hydrogen (secondary N) is 1. The zero-order valence-corrected chi connectivity index (χ0v) is 18.0. The summed E-state index contributed by atoms with van der Waals surface area (Å²) >= 11 is 0. The average Bonchev–Trinajstić information content (AvgIpc) is 3.57. The Kier molecular flexibility index (Phi) is 5.87. The van der Waals surface area contributed by atoms with E-state index in [4.69, 9.17) is 4.74 Å². The molecule has 4 rings (SSSR count). The first kappa shape index (κ1) is 21.2. The van der Waals surface area contributed by atoms with Crippen molar-refractivity contribution < 1.29 is 13.9 Å². The van der Waals surface area contributed by atoms with Gasteiger partial charge < -0.3 is 14.6 Å². The molecule has 1 aliphatic carbocycles. The topological polar surface area (TPSA) is 73.2 Å². The van der Waals surface area contributed by atoms with E-state index >= 15 is 4.39 Å². The van der Waals surface area contributed by atoms with Crippen LogP contribution < -0.4 is 10.7 Å². The number of aromatic nitrogens is 2. The van der Waals surface area contributed by atoms with Gasteiger partial charge in [-0.15, -0.1) is 0 Å². The second-order valence-corrected chi connectivity index (χ2v) is 7.85. The molecule has 2 aromatic heterocycles. The number of rotatable bonds is 7. The average molecular weight is 423 g/mol. The molecule has 2 heterocycles. The van der Waals surface area contributed by atoms with E-state index in [1.807, 2.05) is 30.5 Å². The van der Waals surface area contributed by atoms with Crippen LogP contribution in [-0.4, -0.2) is 28.7 Å². The Balaban J connectivity index is 1.90. The number of esters is 1. The van der Waals surface area contributed by atoms with Crippen LogP contribution in [0.3, 0.4) is 0 Å². The van der Waals surface area contributed by atoms with E-state index in [-0.39, 0.29) is 23.6 Å². The lowest BCUT2D eigenvalue weighted by Gasteiger charge is -2.15. The smallest absolute Gasteiger partial charge is 0.343 e. The molecule has 1 saturated carbocycles. The van der Waals surface area contributed by atoms with Crippen molar-refractivity contribution in [2.75, 3.05) is 13.2 Å². The minimum Gasteiger partial charge on any atom is -0.462 e. The lowest BCUT2D eigenvalue weighted by atomic mass is 10.0. The molecule has 1 N–H and O–H groups in total. The van der Waals surface area contributed by atoms with Crippen LogP contribution in [0.1, 0.15) is 54.5 Å². The third-order valence-corrected chi connectivity index (χ3v) is 5.43. The van der Waals surface area contributed by atoms with E-state index in [9.17, 15) is 9.59 Å². The van der Waals surface area contributed by atoms with E-state index in [1.165, 1.54) is 6.07 Å². The molecule has 0 unspecified atom stereocenters. The predicted octanol–water partition coefficient (Wildman–Crippen LogP) is 4.13. The summed E-state index contributed by atoms with van der Waals surface area (Å²) in [4.78, 5) is 29.8. The Morgan fingerprint density at radius 3 is 2.71 bits per heavy atom. The quantitative estimate of drug-likeness (QED) is 0.579. The van der Waals surface area contributed by atoms with Gasteiger partial charge in [-0.05, 0) is 63.1 Å². The third-order valence-electron chi connectivity index (χ3n) is 5.43. The summed E-state index contributed by atoms with van der Waals surface area (Å²) in [5, 5.41) is 3.43. The molecule has 7 heteroatoms. The molecule has 1 aliphatic rings. The molecule has 0 aliphatic heterocycles. The molecule has 0 saturated heterocycles. The number of halogens is 1. The Morgan fingerprint density at radius 2 is 2.03 bits per heavy atom. The van der Waals surface area contributed by atoms with Crippen LogP contribution >= 0.6 is 0 Å². The highest BCUT2D eigenvalue weighted by atomic mass is 19.1. The van der Waals surface area contributed by atoms with Crippen molar-refractivity contribution in [3.8, 4) is 11.1 Å². The van der Waals surface area contributed by atoms with Gasteiger partial charge in [0.05, 0.1) is 17.8 Å². The van der Waals surface area contributed by atoms with Crippen molar-refractivity contribution >= 4 is 16.9 Å². The first-order valence-corrected chi connectivity index (χ1v) is 10.7. The summed E-state index contributed by atoms with van der Waals surface area (Å²) < 4.78 is 22.2. The monoisotopic (exact) mass is 423 g/mol. The van der Waals surface area contributed by atoms with Crippen molar-refractivity contribution in [3.05, 3.63) is 63.5 Å². The molecule has 162 valence electrons. The van der Waals surface area contributed by atoms with Gasteiger partial charge in [-0.25, -0.2) is 9.18 Å². The number of hydrogen-bond donors (Lipinski definition) is 1. The van der Waals surface area contributed by atoms with Crippen molar-refractivity contribution in [2.24, 2.45) is 0 Å². The van der Waals surface area contributed by atoms with E-state index in [0.717, 1.165) is 30.8 Å². The van der Waals surface area contributed by atoms with Gasteiger partial charge in [0.1, 0.15) is 11.4 Å². The normalized spacial score (nSPS) is 13.5. The van der Waals surface area contributed by atoms with E-state index in [2.05, 4.69) is 10.3 Å². The summed E-state index contributed by atoms with van der Waals surface area (Å²) in [7, 11) is 0. The summed E-state index contributed by atoms with van der Waals surface area (Å²) in [6, 6.07) is 6.86. The van der Waals surface area contributed by atoms with Gasteiger partial charge in [0.15, 0.2) is 0 Å². The molecule has 0 radical (unpaired) electrons. The summed E-state index contributed by atoms with van der Waals surface area (Å²) in [5.74, 6) is -1.18. The van der Waals surface area contributed by atoms with Gasteiger partial charge in [0, 0.05) is 35.4 Å². The fourth-order valence-corrected chi connectivity index (χ4v) is 3.84. The van der Waals surface area contributed by atoms with Crippen LogP contribution in [0, 0.1) is 12.7 Å². The number of benzene rings is 1. The van der Waals surface area contributed by atoms with E-state index in [1.54, 1.807) is 19.2 Å². The predicted molar refractivity (Wildman–Crippen MR) is 118 cm³/mol. The molecule has 0 bridgehead atoms. The first-order valence-electron chi connectivity index (χ1n) is 10.7. The van der Waals surface area contributed by atoms with Gasteiger partial charge >= 0.3 is 5.97 Å². The Bertz CT molecular complexity index is 1210. The molecule has 1 aromatic carbocycles. The number of hydrogen-bond acceptors (Lipinski definition) is 5. The van der Waals surface area contributed by atoms with Gasteiger partial charge in [0.2, 0.25) is 5.43 Å². The van der Waals surface area contributed by atoms with Crippen molar-refractivity contribution in [1.29, 1.82) is 0 Å². The van der Waals surface area contributed by atoms with Gasteiger partial charge in [-0.1, -0.05) is 6.92 Å². The number of fused-ring (bicyclic) bond motifs is 1. The molecule has 0 spiro atoms. The van der Waals surface area contributed by atoms with Gasteiger partial charge in [-0.3, -0.25) is 9.78 Å². The maximum absolute atomic E-state index is 15.2. The lowest BCUT2D eigenvalue weighted by molar-refractivity contribution is 0.0524. The molecule has 0 atom stereocenters. The minimum absolute atomic E-state index is 0.0546. The Hall–Kier alpha value is -3.06. The van der Waals surface area contributed by atoms with Crippen LogP contribution in [0.15, 0.2) is 35.3 Å². The van der Waals surface area contributed by atoms with E-state index < -0.39 is 17.2 Å². The standard InChI is InChI=1S/C24H26FN3O3/c1-4-26-12-16-9-15(8-14(3)27-16)18-11-22-19(10-21(18)25)23(29)20(24(30)31-5-2)13-28(22)17-6-7-17/h8-11,13,17,26H,4-7,12H2,1-3H3. The number of pyridine rings is 2. The minimum atomic E-state index is -0.675. The number of carbonyl (C=O) groups excluding carboxylic acids is 1. The first-order chi connectivity index (χ1) is 14.9. The second-order valence-electron chi connectivity index (χ2n) is 7.85. The summed E-state index contributed by atoms with van der Waals surface area (Å²) in [6.45, 7) is 7.15. The second kappa shape index (κ2) is 8.59. The molecule has 3 aromatic rings. The SMILES string of the molecule is CCNCc1cc(-c2cc3c(cc2F)c(=O)c(C(=O)OCC)cn3C2CC2)cc(C)n1. The molecule has 6 nitrogen and oxygen atoms in total. The van der Waals surface area contributed by atoms with Gasteiger partial charge in [-0.2, -0.15) is 0 Å². The van der Waals surface area contributed by atoms with Crippen LogP contribution in [0.2, 0.25) is 0 Å². The zero-order valence-electron chi connectivity index (χ0n) is 18.0. The fourth-order valence-electron chi connectivity index (χ4n) is 3.84. The largest absolute Gasteiger partial charge is 0.462 e. The number of carbonyl (C=O) groups is 1. The molecular weight excluding hydrogens is 397 g/mol. The maximum atomic E-state index is 15.2. The van der Waals surface area contributed by atoms with Crippen LogP contribution in [0.5, 0.6) is 0 Å². The number of nitrogens with zero attached hydrogens (tertiary/aromatic N) is 2. The van der Waals surface area contributed by atoms with E-state index in [0.29, 0.717) is 23.2 Å². The zero-order chi connectivity index (χ0) is 22.1. The Labute approximate surface area is 180 Å². The van der Waals surface area contributed by atoms with Crippen LogP contribution in [-0.2, 0) is 11.3 Å². The highest BCUT2D eigenvalue weighted by Crippen LogP contribution is 2.38. The van der Waals surface area contributed by atoms with Gasteiger partial charge in [0.25, 0.3) is 0 Å². The Morgan fingerprint density at radius 1 is 1.26 bits per heavy atom. The van der Waals surface area contributed by atoms with Crippen molar-refractivity contribution in [1.82, 2.24) is 14.9 Å². The third kappa shape index (κ3) is 4.23. The molecule has 31 heavy (non-hydrogen) atoms. The highest BCUT2D eigenvalue weighted by Gasteiger charge is 2.28. The summed E-state index contributed by atoms with van der Waals surface area (Å²) in [5.41, 5.74) is 2.81. The summed E-state index contributed by atoms with van der Waals surface area (Å²) in [6.07, 6.45) is 3.47. The molecular formula is C24H26FN3O3. The van der Waals surface area contributed by atoms with Crippen molar-refractivity contribution in [2.45, 2.75) is 46.2 Å². The lowest BCUT2D eigenvalue weighted by Crippen LogP contribution is -2.21. The maximum Gasteiger partial charge on any atom is 0.343 e. The number of aryl methyl sites for hydroxylation is 1. The van der Waals surface area contributed by atoms with Crippen molar-refractivity contribution in [3.63, 3.8) is 0 Å². The van der Waals surface area contributed by atoms with Crippen LogP contribution in [0.4, 0.5) is 4.39 Å².